The number of hydrogen-bond acceptors (Lipinski definition) is 6. The molecule has 3 aromatic heterocycles. The third kappa shape index (κ3) is 4.11. The van der Waals surface area contributed by atoms with E-state index < -0.39 is 0 Å². The average Bonchev–Trinajstić information content (AvgIpc) is 3.24. The monoisotopic (exact) mass is 408 g/mol. The van der Waals surface area contributed by atoms with E-state index >= 15 is 0 Å². The van der Waals surface area contributed by atoms with Crippen molar-refractivity contribution in [2.24, 2.45) is 0 Å². The van der Waals surface area contributed by atoms with Crippen molar-refractivity contribution in [2.75, 3.05) is 5.32 Å². The number of fused-ring (bicyclic) bond motifs is 1. The van der Waals surface area contributed by atoms with Crippen LogP contribution in [0.3, 0.4) is 0 Å². The second-order valence-electron chi connectivity index (χ2n) is 6.70. The van der Waals surface area contributed by atoms with E-state index in [1.54, 1.807) is 42.7 Å². The van der Waals surface area contributed by atoms with Gasteiger partial charge in [0.15, 0.2) is 5.58 Å². The van der Waals surface area contributed by atoms with Gasteiger partial charge in [-0.1, -0.05) is 18.2 Å². The van der Waals surface area contributed by atoms with E-state index in [9.17, 15) is 4.79 Å². The van der Waals surface area contributed by atoms with Gasteiger partial charge in [0.1, 0.15) is 11.3 Å². The number of carbonyl (C=O) groups excluding carboxylic acids is 1. The summed E-state index contributed by atoms with van der Waals surface area (Å²) in [6.45, 7) is 0. The summed E-state index contributed by atoms with van der Waals surface area (Å²) >= 11 is 0. The lowest BCUT2D eigenvalue weighted by atomic mass is 10.2. The van der Waals surface area contributed by atoms with Crippen LogP contribution in [0.1, 0.15) is 10.4 Å². The Morgan fingerprint density at radius 3 is 2.61 bits per heavy atom. The number of ether oxygens (including phenoxy) is 1. The lowest BCUT2D eigenvalue weighted by Gasteiger charge is -2.07. The Morgan fingerprint density at radius 2 is 1.84 bits per heavy atom. The largest absolute Gasteiger partial charge is 0.439 e. The fraction of sp³-hybridized carbons (Fsp3) is 0. The van der Waals surface area contributed by atoms with Gasteiger partial charge < -0.3 is 14.5 Å². The lowest BCUT2D eigenvalue weighted by molar-refractivity contribution is 0.102. The Bertz CT molecular complexity index is 1330. The maximum Gasteiger partial charge on any atom is 0.257 e. The molecule has 5 rings (SSSR count). The van der Waals surface area contributed by atoms with Gasteiger partial charge >= 0.3 is 0 Å². The zero-order valence-electron chi connectivity index (χ0n) is 16.2. The number of aromatic nitrogens is 3. The molecule has 1 amide bonds. The van der Waals surface area contributed by atoms with Crippen LogP contribution < -0.4 is 10.1 Å². The van der Waals surface area contributed by atoms with Crippen LogP contribution in [0.25, 0.3) is 22.6 Å². The standard InChI is InChI=1S/C24H16N4O3/c29-23(16-8-11-22(26-15-16)30-19-6-2-1-3-7-19)27-18-9-10-21-20(13-18)28-24(31-21)17-5-4-12-25-14-17/h1-15H,(H,27,29). The molecule has 3 heterocycles. The van der Waals surface area contributed by atoms with Crippen molar-refractivity contribution >= 4 is 22.7 Å². The Labute approximate surface area is 177 Å². The number of hydrogen-bond donors (Lipinski definition) is 1. The number of carbonyl (C=O) groups is 1. The molecule has 0 radical (unpaired) electrons. The van der Waals surface area contributed by atoms with Crippen molar-refractivity contribution < 1.29 is 13.9 Å². The summed E-state index contributed by atoms with van der Waals surface area (Å²) < 4.78 is 11.4. The topological polar surface area (TPSA) is 90.1 Å². The zero-order chi connectivity index (χ0) is 21.0. The summed E-state index contributed by atoms with van der Waals surface area (Å²) in [6.07, 6.45) is 4.85. The molecule has 31 heavy (non-hydrogen) atoms. The summed E-state index contributed by atoms with van der Waals surface area (Å²) in [5.41, 5.74) is 3.07. The third-order valence-electron chi connectivity index (χ3n) is 4.52. The maximum absolute atomic E-state index is 12.6. The molecule has 0 atom stereocenters. The highest BCUT2D eigenvalue weighted by atomic mass is 16.5. The Kier molecular flexibility index (Phi) is 4.82. The van der Waals surface area contributed by atoms with Gasteiger partial charge in [-0.05, 0) is 48.5 Å². The number of pyridine rings is 2. The van der Waals surface area contributed by atoms with Crippen molar-refractivity contribution in [1.29, 1.82) is 0 Å². The van der Waals surface area contributed by atoms with Crippen molar-refractivity contribution in [1.82, 2.24) is 15.0 Å². The van der Waals surface area contributed by atoms with Crippen LogP contribution in [0.5, 0.6) is 11.6 Å². The van der Waals surface area contributed by atoms with Crippen LogP contribution in [0.2, 0.25) is 0 Å². The van der Waals surface area contributed by atoms with Crippen molar-refractivity contribution in [2.45, 2.75) is 0 Å². The molecule has 0 bridgehead atoms. The van der Waals surface area contributed by atoms with Gasteiger partial charge in [-0.25, -0.2) is 9.97 Å². The van der Waals surface area contributed by atoms with E-state index in [2.05, 4.69) is 20.3 Å². The van der Waals surface area contributed by atoms with Crippen LogP contribution in [0.4, 0.5) is 5.69 Å². The van der Waals surface area contributed by atoms with Gasteiger partial charge in [-0.15, -0.1) is 0 Å². The summed E-state index contributed by atoms with van der Waals surface area (Å²) in [6, 6.07) is 21.6. The van der Waals surface area contributed by atoms with Gasteiger partial charge in [0.05, 0.1) is 11.1 Å². The normalized spacial score (nSPS) is 10.7. The Hall–Kier alpha value is -4.52. The van der Waals surface area contributed by atoms with E-state index in [1.165, 1.54) is 6.20 Å². The van der Waals surface area contributed by atoms with Crippen LogP contribution in [-0.2, 0) is 0 Å². The zero-order valence-corrected chi connectivity index (χ0v) is 16.2. The summed E-state index contributed by atoms with van der Waals surface area (Å²) in [5.74, 6) is 1.28. The predicted molar refractivity (Wildman–Crippen MR) is 116 cm³/mol. The Morgan fingerprint density at radius 1 is 0.935 bits per heavy atom. The minimum atomic E-state index is -0.283. The number of rotatable bonds is 5. The second kappa shape index (κ2) is 8.08. The van der Waals surface area contributed by atoms with Crippen molar-refractivity contribution in [3.8, 4) is 23.1 Å². The molecular weight excluding hydrogens is 392 g/mol. The second-order valence-corrected chi connectivity index (χ2v) is 6.70. The molecule has 0 fully saturated rings. The minimum Gasteiger partial charge on any atom is -0.439 e. The minimum absolute atomic E-state index is 0.283. The number of para-hydroxylation sites is 1. The summed E-state index contributed by atoms with van der Waals surface area (Å²) in [5, 5.41) is 2.85. The first-order chi connectivity index (χ1) is 15.2. The Balaban J connectivity index is 1.30. The van der Waals surface area contributed by atoms with E-state index in [0.29, 0.717) is 39.9 Å². The van der Waals surface area contributed by atoms with E-state index in [-0.39, 0.29) is 5.91 Å². The van der Waals surface area contributed by atoms with Gasteiger partial charge in [0.2, 0.25) is 11.8 Å². The molecule has 7 nitrogen and oxygen atoms in total. The van der Waals surface area contributed by atoms with Crippen LogP contribution in [-0.4, -0.2) is 20.9 Å². The molecule has 0 saturated heterocycles. The molecule has 0 unspecified atom stereocenters. The maximum atomic E-state index is 12.6. The highest BCUT2D eigenvalue weighted by molar-refractivity contribution is 6.04. The van der Waals surface area contributed by atoms with Crippen LogP contribution in [0.15, 0.2) is 95.8 Å². The van der Waals surface area contributed by atoms with Crippen molar-refractivity contribution in [3.05, 3.63) is 97.0 Å². The number of nitrogens with one attached hydrogen (secondary N) is 1. The molecule has 0 aliphatic heterocycles. The average molecular weight is 408 g/mol. The highest BCUT2D eigenvalue weighted by Crippen LogP contribution is 2.26. The SMILES string of the molecule is O=C(Nc1ccc2oc(-c3cccnc3)nc2c1)c1ccc(Oc2ccccc2)nc1. The fourth-order valence-electron chi connectivity index (χ4n) is 3.01. The molecule has 0 aliphatic rings. The molecule has 0 spiro atoms. The molecular formula is C24H16N4O3. The van der Waals surface area contributed by atoms with E-state index in [4.69, 9.17) is 9.15 Å². The highest BCUT2D eigenvalue weighted by Gasteiger charge is 2.11. The van der Waals surface area contributed by atoms with Gasteiger partial charge in [-0.3, -0.25) is 9.78 Å². The molecule has 0 aliphatic carbocycles. The van der Waals surface area contributed by atoms with E-state index in [0.717, 1.165) is 5.56 Å². The fourth-order valence-corrected chi connectivity index (χ4v) is 3.01. The van der Waals surface area contributed by atoms with Gasteiger partial charge in [-0.2, -0.15) is 0 Å². The molecule has 5 aromatic rings. The molecule has 1 N–H and O–H groups in total. The summed E-state index contributed by atoms with van der Waals surface area (Å²) in [7, 11) is 0. The number of oxazole rings is 1. The summed E-state index contributed by atoms with van der Waals surface area (Å²) in [4.78, 5) is 25.4. The molecule has 2 aromatic carbocycles. The smallest absolute Gasteiger partial charge is 0.257 e. The lowest BCUT2D eigenvalue weighted by Crippen LogP contribution is -2.12. The molecule has 7 heteroatoms. The molecule has 0 saturated carbocycles. The quantitative estimate of drug-likeness (QED) is 0.423. The van der Waals surface area contributed by atoms with Crippen LogP contribution >= 0.6 is 0 Å². The first-order valence-electron chi connectivity index (χ1n) is 9.56. The number of amides is 1. The first-order valence-corrected chi connectivity index (χ1v) is 9.56. The van der Waals surface area contributed by atoms with Crippen LogP contribution in [0, 0.1) is 0 Å². The first kappa shape index (κ1) is 18.5. The number of benzene rings is 2. The third-order valence-corrected chi connectivity index (χ3v) is 4.52. The molecule has 150 valence electrons. The van der Waals surface area contributed by atoms with E-state index in [1.807, 2.05) is 42.5 Å². The predicted octanol–water partition coefficient (Wildman–Crippen LogP) is 5.33. The van der Waals surface area contributed by atoms with Crippen molar-refractivity contribution in [3.63, 3.8) is 0 Å². The van der Waals surface area contributed by atoms with Gasteiger partial charge in [0.25, 0.3) is 5.91 Å². The van der Waals surface area contributed by atoms with Gasteiger partial charge in [0, 0.05) is 30.3 Å². The number of anilines is 1. The number of nitrogens with zero attached hydrogens (tertiary/aromatic N) is 3.